The number of halogens is 1. The molecule has 2 rings (SSSR count). The lowest BCUT2D eigenvalue weighted by atomic mass is 9.96. The monoisotopic (exact) mass is 352 g/mol. The van der Waals surface area contributed by atoms with Crippen molar-refractivity contribution >= 4 is 29.4 Å². The fraction of sp³-hybridized carbons (Fsp3) is 0.444. The summed E-state index contributed by atoms with van der Waals surface area (Å²) in [6.45, 7) is 2.32. The Balaban J connectivity index is 2.07. The van der Waals surface area contributed by atoms with E-state index in [2.05, 4.69) is 0 Å². The first kappa shape index (κ1) is 18.3. The van der Waals surface area contributed by atoms with E-state index in [1.54, 1.807) is 18.2 Å². The summed E-state index contributed by atoms with van der Waals surface area (Å²) >= 11 is 6.16. The van der Waals surface area contributed by atoms with E-state index >= 15 is 0 Å². The molecule has 130 valence electrons. The Bertz CT molecular complexity index is 639. The quantitative estimate of drug-likeness (QED) is 0.575. The summed E-state index contributed by atoms with van der Waals surface area (Å²) in [5, 5.41) is 0.388. The number of hydrogen-bond acceptors (Lipinski definition) is 5. The van der Waals surface area contributed by atoms with Gasteiger partial charge in [-0.05, 0) is 50.0 Å². The molecule has 0 aromatic heterocycles. The smallest absolute Gasteiger partial charge is 0.331 e. The second-order valence-electron chi connectivity index (χ2n) is 5.44. The first-order valence-electron chi connectivity index (χ1n) is 7.97. The van der Waals surface area contributed by atoms with Crippen molar-refractivity contribution in [2.24, 2.45) is 0 Å². The lowest BCUT2D eigenvalue weighted by Gasteiger charge is -2.19. The molecule has 5 nitrogen and oxygen atoms in total. The van der Waals surface area contributed by atoms with Gasteiger partial charge in [0, 0.05) is 12.5 Å². The van der Waals surface area contributed by atoms with Crippen LogP contribution in [0.4, 0.5) is 0 Å². The summed E-state index contributed by atoms with van der Waals surface area (Å²) in [5.41, 5.74) is 0.677. The first-order chi connectivity index (χ1) is 11.5. The fourth-order valence-corrected chi connectivity index (χ4v) is 2.86. The Hall–Kier alpha value is -2.01. The van der Waals surface area contributed by atoms with Gasteiger partial charge >= 0.3 is 5.97 Å². The Morgan fingerprint density at radius 1 is 1.38 bits per heavy atom. The van der Waals surface area contributed by atoms with Crippen molar-refractivity contribution in [1.29, 1.82) is 0 Å². The molecule has 1 atom stereocenters. The topological polar surface area (TPSA) is 61.8 Å². The predicted octanol–water partition coefficient (Wildman–Crippen LogP) is 3.82. The standard InChI is InChI=1S/C18H21ClO5/c1-3-23-16-11-12(10-13(19)18(16)22-2)8-9-17(21)24-15-7-5-4-6-14(15)20/h8-11,15H,3-7H2,1-2H3/b9-8+/t15-/m1/s1. The second kappa shape index (κ2) is 8.73. The van der Waals surface area contributed by atoms with Crippen molar-refractivity contribution in [2.45, 2.75) is 38.7 Å². The highest BCUT2D eigenvalue weighted by Crippen LogP contribution is 2.36. The van der Waals surface area contributed by atoms with Crippen LogP contribution in [0, 0.1) is 0 Å². The van der Waals surface area contributed by atoms with Gasteiger partial charge in [-0.3, -0.25) is 4.79 Å². The lowest BCUT2D eigenvalue weighted by Crippen LogP contribution is -2.29. The molecule has 1 aliphatic carbocycles. The van der Waals surface area contributed by atoms with Crippen molar-refractivity contribution < 1.29 is 23.8 Å². The van der Waals surface area contributed by atoms with Gasteiger partial charge in [-0.2, -0.15) is 0 Å². The zero-order valence-corrected chi connectivity index (χ0v) is 14.6. The van der Waals surface area contributed by atoms with Crippen LogP contribution in [-0.4, -0.2) is 31.6 Å². The highest BCUT2D eigenvalue weighted by molar-refractivity contribution is 6.32. The normalized spacial score (nSPS) is 17.8. The summed E-state index contributed by atoms with van der Waals surface area (Å²) in [7, 11) is 1.51. The molecule has 0 radical (unpaired) electrons. The number of esters is 1. The summed E-state index contributed by atoms with van der Waals surface area (Å²) < 4.78 is 15.9. The molecular formula is C18H21ClO5. The molecule has 6 heteroatoms. The number of carbonyl (C=O) groups excluding carboxylic acids is 2. The lowest BCUT2D eigenvalue weighted by molar-refractivity contribution is -0.152. The molecule has 0 spiro atoms. The van der Waals surface area contributed by atoms with Crippen LogP contribution >= 0.6 is 11.6 Å². The van der Waals surface area contributed by atoms with E-state index in [9.17, 15) is 9.59 Å². The molecule has 1 aliphatic rings. The van der Waals surface area contributed by atoms with E-state index in [1.807, 2.05) is 6.92 Å². The van der Waals surface area contributed by atoms with Crippen molar-refractivity contribution in [3.05, 3.63) is 28.8 Å². The molecule has 1 saturated carbocycles. The molecule has 24 heavy (non-hydrogen) atoms. The molecule has 0 N–H and O–H groups in total. The van der Waals surface area contributed by atoms with E-state index in [0.29, 0.717) is 41.5 Å². The predicted molar refractivity (Wildman–Crippen MR) is 91.6 cm³/mol. The molecule has 0 bridgehead atoms. The van der Waals surface area contributed by atoms with Crippen molar-refractivity contribution in [1.82, 2.24) is 0 Å². The molecule has 0 saturated heterocycles. The van der Waals surface area contributed by atoms with Gasteiger partial charge in [0.05, 0.1) is 18.7 Å². The van der Waals surface area contributed by atoms with Crippen LogP contribution in [0.2, 0.25) is 5.02 Å². The van der Waals surface area contributed by atoms with Crippen LogP contribution in [0.15, 0.2) is 18.2 Å². The van der Waals surface area contributed by atoms with Crippen molar-refractivity contribution in [2.75, 3.05) is 13.7 Å². The van der Waals surface area contributed by atoms with Gasteiger partial charge in [0.2, 0.25) is 0 Å². The van der Waals surface area contributed by atoms with Crippen LogP contribution in [0.25, 0.3) is 6.08 Å². The number of rotatable bonds is 6. The van der Waals surface area contributed by atoms with Crippen LogP contribution < -0.4 is 9.47 Å². The SMILES string of the molecule is CCOc1cc(/C=C/C(=O)O[C@@H]2CCCCC2=O)cc(Cl)c1OC. The van der Waals surface area contributed by atoms with Crippen LogP contribution in [0.1, 0.15) is 38.2 Å². The van der Waals surface area contributed by atoms with Crippen LogP contribution in [0.5, 0.6) is 11.5 Å². The van der Waals surface area contributed by atoms with Gasteiger partial charge in [-0.1, -0.05) is 11.6 Å². The Kier molecular flexibility index (Phi) is 6.67. The summed E-state index contributed by atoms with van der Waals surface area (Å²) in [5.74, 6) is 0.406. The van der Waals surface area contributed by atoms with Gasteiger partial charge in [0.1, 0.15) is 0 Å². The van der Waals surface area contributed by atoms with Gasteiger partial charge in [0.25, 0.3) is 0 Å². The number of carbonyl (C=O) groups is 2. The third kappa shape index (κ3) is 4.74. The number of benzene rings is 1. The van der Waals surface area contributed by atoms with E-state index in [-0.39, 0.29) is 5.78 Å². The number of methoxy groups -OCH3 is 1. The van der Waals surface area contributed by atoms with Gasteiger partial charge < -0.3 is 14.2 Å². The first-order valence-corrected chi connectivity index (χ1v) is 8.34. The van der Waals surface area contributed by atoms with Gasteiger partial charge in [-0.25, -0.2) is 4.79 Å². The van der Waals surface area contributed by atoms with E-state index in [4.69, 9.17) is 25.8 Å². The number of ether oxygens (including phenoxy) is 3. The summed E-state index contributed by atoms with van der Waals surface area (Å²) in [6.07, 6.45) is 5.09. The molecule has 0 amide bonds. The summed E-state index contributed by atoms with van der Waals surface area (Å²) in [6, 6.07) is 3.39. The van der Waals surface area contributed by atoms with Crippen molar-refractivity contribution in [3.8, 4) is 11.5 Å². The molecule has 1 aromatic rings. The molecule has 1 fully saturated rings. The molecule has 0 heterocycles. The Morgan fingerprint density at radius 3 is 2.83 bits per heavy atom. The Morgan fingerprint density at radius 2 is 2.17 bits per heavy atom. The molecule has 1 aromatic carbocycles. The summed E-state index contributed by atoms with van der Waals surface area (Å²) in [4.78, 5) is 23.6. The van der Waals surface area contributed by atoms with Crippen LogP contribution in [-0.2, 0) is 14.3 Å². The molecule has 0 aliphatic heterocycles. The number of Topliss-reactive ketones (excluding diaryl/α,β-unsaturated/α-hetero) is 1. The number of hydrogen-bond donors (Lipinski definition) is 0. The van der Waals surface area contributed by atoms with Crippen LogP contribution in [0.3, 0.4) is 0 Å². The minimum absolute atomic E-state index is 0.00544. The zero-order chi connectivity index (χ0) is 17.5. The maximum Gasteiger partial charge on any atom is 0.331 e. The average molecular weight is 353 g/mol. The zero-order valence-electron chi connectivity index (χ0n) is 13.8. The number of ketones is 1. The minimum atomic E-state index is -0.616. The third-order valence-electron chi connectivity index (χ3n) is 3.70. The second-order valence-corrected chi connectivity index (χ2v) is 5.85. The van der Waals surface area contributed by atoms with Gasteiger partial charge in [-0.15, -0.1) is 0 Å². The van der Waals surface area contributed by atoms with E-state index in [0.717, 1.165) is 12.8 Å². The van der Waals surface area contributed by atoms with Crippen molar-refractivity contribution in [3.63, 3.8) is 0 Å². The van der Waals surface area contributed by atoms with E-state index < -0.39 is 12.1 Å². The maximum atomic E-state index is 11.9. The minimum Gasteiger partial charge on any atom is -0.491 e. The highest BCUT2D eigenvalue weighted by Gasteiger charge is 2.24. The molecular weight excluding hydrogens is 332 g/mol. The Labute approximate surface area is 146 Å². The third-order valence-corrected chi connectivity index (χ3v) is 3.99. The van der Waals surface area contributed by atoms with Gasteiger partial charge in [0.15, 0.2) is 23.4 Å². The maximum absolute atomic E-state index is 11.9. The van der Waals surface area contributed by atoms with E-state index in [1.165, 1.54) is 13.2 Å². The highest BCUT2D eigenvalue weighted by atomic mass is 35.5. The fourth-order valence-electron chi connectivity index (χ4n) is 2.56. The average Bonchev–Trinajstić information content (AvgIpc) is 2.55. The molecule has 0 unspecified atom stereocenters. The largest absolute Gasteiger partial charge is 0.491 e.